The van der Waals surface area contributed by atoms with Crippen molar-refractivity contribution in [3.05, 3.63) is 0 Å². The Hall–Kier alpha value is -1.99. The molecule has 0 saturated carbocycles. The molecule has 0 aromatic rings. The number of rotatable bonds is 14. The largest absolute Gasteiger partial charge is 0.481 e. The van der Waals surface area contributed by atoms with Crippen molar-refractivity contribution in [3.63, 3.8) is 0 Å². The lowest BCUT2D eigenvalue weighted by Crippen LogP contribution is -2.57. The highest BCUT2D eigenvalue weighted by atomic mass is 32.2. The van der Waals surface area contributed by atoms with Gasteiger partial charge in [0.15, 0.2) is 0 Å². The first-order valence-electron chi connectivity index (χ1n) is 10.2. The van der Waals surface area contributed by atoms with Crippen LogP contribution in [0.4, 0.5) is 0 Å². The van der Waals surface area contributed by atoms with Crippen LogP contribution in [0.2, 0.25) is 0 Å². The molecular weight excluding hydrogens is 460 g/mol. The molecule has 1 heterocycles. The van der Waals surface area contributed by atoms with E-state index in [1.54, 1.807) is 0 Å². The lowest BCUT2D eigenvalue weighted by molar-refractivity contribution is -0.149. The molecule has 1 saturated heterocycles. The number of nitrogens with one attached hydrogen (secondary N) is 2. The molecule has 0 aliphatic carbocycles. The van der Waals surface area contributed by atoms with Crippen molar-refractivity contribution in [3.8, 4) is 0 Å². The smallest absolute Gasteiger partial charge is 0.326 e. The van der Waals surface area contributed by atoms with E-state index in [-0.39, 0.29) is 13.0 Å². The summed E-state index contributed by atoms with van der Waals surface area (Å²) >= 11 is 2.94. The van der Waals surface area contributed by atoms with Gasteiger partial charge < -0.3 is 31.5 Å². The highest BCUT2D eigenvalue weighted by molar-refractivity contribution is 7.98. The number of amides is 3. The van der Waals surface area contributed by atoms with Gasteiger partial charge in [-0.25, -0.2) is 4.79 Å². The van der Waals surface area contributed by atoms with Crippen molar-refractivity contribution in [1.29, 1.82) is 0 Å². The third-order valence-corrected chi connectivity index (χ3v) is 6.32. The van der Waals surface area contributed by atoms with Gasteiger partial charge in [-0.05, 0) is 49.7 Å². The van der Waals surface area contributed by atoms with Gasteiger partial charge >= 0.3 is 11.9 Å². The van der Waals surface area contributed by atoms with E-state index in [0.29, 0.717) is 30.8 Å². The second-order valence-corrected chi connectivity index (χ2v) is 9.39. The summed E-state index contributed by atoms with van der Waals surface area (Å²) in [6.45, 7) is 0.265. The predicted octanol–water partition coefficient (Wildman–Crippen LogP) is -0.660. The second-order valence-electron chi connectivity index (χ2n) is 7.42. The first-order valence-corrected chi connectivity index (χ1v) is 13.0. The molecule has 3 amide bonds. The third kappa shape index (κ3) is 8.87. The van der Waals surface area contributed by atoms with Crippen molar-refractivity contribution >= 4 is 53.2 Å². The van der Waals surface area contributed by atoms with Crippen LogP contribution in [0.5, 0.6) is 0 Å². The second kappa shape index (κ2) is 14.2. The highest BCUT2D eigenvalue weighted by Gasteiger charge is 2.38. The monoisotopic (exact) mass is 492 g/mol. The summed E-state index contributed by atoms with van der Waals surface area (Å²) in [5.74, 6) is -3.30. The Labute approximate surface area is 195 Å². The van der Waals surface area contributed by atoms with Crippen LogP contribution in [0.3, 0.4) is 0 Å². The number of carboxylic acids is 2. The minimum absolute atomic E-state index is 0.232. The van der Waals surface area contributed by atoms with Crippen LogP contribution in [0.25, 0.3) is 0 Å². The van der Waals surface area contributed by atoms with Crippen LogP contribution in [-0.4, -0.2) is 99.5 Å². The summed E-state index contributed by atoms with van der Waals surface area (Å²) in [6, 6.07) is -4.31. The Morgan fingerprint density at radius 2 is 1.59 bits per heavy atom. The number of hydrogen-bond acceptors (Lipinski definition) is 8. The summed E-state index contributed by atoms with van der Waals surface area (Å²) < 4.78 is 0. The fourth-order valence-corrected chi connectivity index (χ4v) is 4.25. The molecule has 6 N–H and O–H groups in total. The molecule has 0 bridgehead atoms. The number of aliphatic carboxylic acids is 2. The van der Waals surface area contributed by atoms with Crippen LogP contribution in [0.1, 0.15) is 32.1 Å². The van der Waals surface area contributed by atoms with Crippen LogP contribution in [0, 0.1) is 0 Å². The fraction of sp³-hybridized carbons (Fsp3) is 0.737. The van der Waals surface area contributed by atoms with Crippen molar-refractivity contribution in [2.24, 2.45) is 5.73 Å². The molecule has 11 nitrogen and oxygen atoms in total. The van der Waals surface area contributed by atoms with Gasteiger partial charge in [-0.3, -0.25) is 19.2 Å². The number of nitrogens with zero attached hydrogens (tertiary/aromatic N) is 1. The average Bonchev–Trinajstić information content (AvgIpc) is 3.23. The molecule has 32 heavy (non-hydrogen) atoms. The maximum Gasteiger partial charge on any atom is 0.326 e. The summed E-state index contributed by atoms with van der Waals surface area (Å²) in [6.07, 6.45) is 4.45. The fourth-order valence-electron chi connectivity index (χ4n) is 3.29. The standard InChI is InChI=1S/C19H32N4O7S2/c1-31-8-5-11(20)16(26)22-13(10-15(24)25)17(27)21-12(6-9-32-2)18(28)23-7-3-4-14(23)19(29)30/h11-14H,3-10,20H2,1-2H3,(H,21,27)(H,22,26)(H,24,25)(H,29,30). The minimum Gasteiger partial charge on any atom is -0.481 e. The summed E-state index contributed by atoms with van der Waals surface area (Å²) in [7, 11) is 0. The number of thioether (sulfide) groups is 2. The number of nitrogens with two attached hydrogens (primary N) is 1. The van der Waals surface area contributed by atoms with E-state index in [1.165, 1.54) is 28.4 Å². The Balaban J connectivity index is 2.94. The zero-order valence-electron chi connectivity index (χ0n) is 18.2. The summed E-state index contributed by atoms with van der Waals surface area (Å²) in [5.41, 5.74) is 5.80. The van der Waals surface area contributed by atoms with Gasteiger partial charge in [0.1, 0.15) is 18.1 Å². The molecule has 1 aliphatic rings. The molecule has 13 heteroatoms. The average molecular weight is 493 g/mol. The topological polar surface area (TPSA) is 179 Å². The molecule has 0 spiro atoms. The molecule has 4 atom stereocenters. The van der Waals surface area contributed by atoms with E-state index >= 15 is 0 Å². The molecule has 1 aliphatic heterocycles. The van der Waals surface area contributed by atoms with E-state index in [1.807, 2.05) is 12.5 Å². The van der Waals surface area contributed by atoms with E-state index in [2.05, 4.69) is 10.6 Å². The van der Waals surface area contributed by atoms with Crippen molar-refractivity contribution in [2.75, 3.05) is 30.6 Å². The molecule has 1 rings (SSSR count). The molecule has 0 aromatic carbocycles. The maximum absolute atomic E-state index is 13.0. The Morgan fingerprint density at radius 1 is 1.00 bits per heavy atom. The van der Waals surface area contributed by atoms with Crippen LogP contribution >= 0.6 is 23.5 Å². The molecule has 4 unspecified atom stereocenters. The first kappa shape index (κ1) is 28.0. The van der Waals surface area contributed by atoms with Crippen LogP contribution in [0.15, 0.2) is 0 Å². The van der Waals surface area contributed by atoms with Crippen molar-refractivity contribution < 1.29 is 34.2 Å². The Bertz CT molecular complexity index is 695. The first-order chi connectivity index (χ1) is 15.1. The molecule has 0 radical (unpaired) electrons. The zero-order valence-corrected chi connectivity index (χ0v) is 19.9. The zero-order chi connectivity index (χ0) is 24.3. The van der Waals surface area contributed by atoms with Gasteiger partial charge in [-0.2, -0.15) is 23.5 Å². The van der Waals surface area contributed by atoms with Crippen LogP contribution in [-0.2, 0) is 24.0 Å². The van der Waals surface area contributed by atoms with E-state index in [0.717, 1.165) is 0 Å². The van der Waals surface area contributed by atoms with Crippen LogP contribution < -0.4 is 16.4 Å². The highest BCUT2D eigenvalue weighted by Crippen LogP contribution is 2.20. The maximum atomic E-state index is 13.0. The molecular formula is C19H32N4O7S2. The van der Waals surface area contributed by atoms with Gasteiger partial charge in [0.05, 0.1) is 12.5 Å². The lowest BCUT2D eigenvalue weighted by atomic mass is 10.1. The van der Waals surface area contributed by atoms with Gasteiger partial charge in [0, 0.05) is 6.54 Å². The van der Waals surface area contributed by atoms with Gasteiger partial charge in [0.25, 0.3) is 0 Å². The number of likely N-dealkylation sites (tertiary alicyclic amines) is 1. The summed E-state index contributed by atoms with van der Waals surface area (Å²) in [5, 5.41) is 23.4. The van der Waals surface area contributed by atoms with Crippen molar-refractivity contribution in [2.45, 2.75) is 56.3 Å². The Kier molecular flexibility index (Phi) is 12.5. The molecule has 1 fully saturated rings. The van der Waals surface area contributed by atoms with E-state index in [4.69, 9.17) is 10.8 Å². The van der Waals surface area contributed by atoms with Crippen molar-refractivity contribution in [1.82, 2.24) is 15.5 Å². The molecule has 182 valence electrons. The normalized spacial score (nSPS) is 18.5. The quantitative estimate of drug-likeness (QED) is 0.209. The van der Waals surface area contributed by atoms with E-state index in [9.17, 15) is 29.1 Å². The third-order valence-electron chi connectivity index (χ3n) is 5.03. The minimum atomic E-state index is -1.42. The number of hydrogen-bond donors (Lipinski definition) is 5. The van der Waals surface area contributed by atoms with Gasteiger partial charge in [-0.1, -0.05) is 0 Å². The predicted molar refractivity (Wildman–Crippen MR) is 122 cm³/mol. The van der Waals surface area contributed by atoms with Gasteiger partial charge in [-0.15, -0.1) is 0 Å². The lowest BCUT2D eigenvalue weighted by Gasteiger charge is -2.28. The number of carbonyl (C=O) groups excluding carboxylic acids is 3. The van der Waals surface area contributed by atoms with E-state index < -0.39 is 60.2 Å². The number of carboxylic acid groups (broad SMARTS) is 2. The molecule has 0 aromatic heterocycles. The Morgan fingerprint density at radius 3 is 2.16 bits per heavy atom. The SMILES string of the molecule is CSCCC(N)C(=O)NC(CC(=O)O)C(=O)NC(CCSC)C(=O)N1CCCC1C(=O)O. The summed E-state index contributed by atoms with van der Waals surface area (Å²) in [4.78, 5) is 62.1. The number of carbonyl (C=O) groups is 5. The van der Waals surface area contributed by atoms with Gasteiger partial charge in [0.2, 0.25) is 17.7 Å².